The van der Waals surface area contributed by atoms with Crippen LogP contribution in [0, 0.1) is 0 Å². The number of carbonyl (C=O) groups excluding carboxylic acids is 2. The molecule has 9 nitrogen and oxygen atoms in total. The molecule has 1 fully saturated rings. The number of carbonyl (C=O) groups is 2. The minimum atomic E-state index is -0.406. The van der Waals surface area contributed by atoms with Crippen molar-refractivity contribution in [3.63, 3.8) is 0 Å². The van der Waals surface area contributed by atoms with Crippen LogP contribution in [-0.2, 0) is 14.3 Å². The first-order chi connectivity index (χ1) is 20.9. The van der Waals surface area contributed by atoms with Gasteiger partial charge in [-0.2, -0.15) is 5.10 Å². The van der Waals surface area contributed by atoms with Gasteiger partial charge < -0.3 is 14.8 Å². The van der Waals surface area contributed by atoms with Gasteiger partial charge in [0.15, 0.2) is 0 Å². The van der Waals surface area contributed by atoms with Crippen molar-refractivity contribution < 1.29 is 19.1 Å². The Morgan fingerprint density at radius 3 is 2.65 bits per heavy atom. The molecule has 1 unspecified atom stereocenters. The number of rotatable bonds is 12. The van der Waals surface area contributed by atoms with E-state index in [1.165, 1.54) is 5.01 Å². The summed E-state index contributed by atoms with van der Waals surface area (Å²) in [6, 6.07) is 15.2. The molecular formula is C32H37BrClN5O4. The maximum atomic E-state index is 13.6. The van der Waals surface area contributed by atoms with E-state index < -0.39 is 6.04 Å². The first-order valence-corrected chi connectivity index (χ1v) is 16.0. The molecule has 3 aromatic rings. The lowest BCUT2D eigenvalue weighted by Crippen LogP contribution is -2.38. The number of benzene rings is 2. The molecule has 2 aromatic carbocycles. The Morgan fingerprint density at radius 2 is 1.88 bits per heavy atom. The van der Waals surface area contributed by atoms with E-state index in [2.05, 4.69) is 31.1 Å². The first kappa shape index (κ1) is 31.4. The molecule has 228 valence electrons. The molecular weight excluding hydrogens is 634 g/mol. The molecule has 2 aliphatic rings. The second kappa shape index (κ2) is 15.1. The lowest BCUT2D eigenvalue weighted by Gasteiger charge is -2.26. The highest BCUT2D eigenvalue weighted by Crippen LogP contribution is 2.38. The van der Waals surface area contributed by atoms with Gasteiger partial charge in [0.25, 0.3) is 0 Å². The molecule has 2 amide bonds. The van der Waals surface area contributed by atoms with Gasteiger partial charge >= 0.3 is 0 Å². The fraction of sp³-hybridized carbons (Fsp3) is 0.438. The molecule has 5 rings (SSSR count). The summed E-state index contributed by atoms with van der Waals surface area (Å²) in [4.78, 5) is 33.0. The quantitative estimate of drug-likeness (QED) is 0.195. The van der Waals surface area contributed by atoms with E-state index in [9.17, 15) is 9.59 Å². The van der Waals surface area contributed by atoms with Crippen molar-refractivity contribution in [3.05, 3.63) is 69.3 Å². The number of hydrogen-bond acceptors (Lipinski definition) is 7. The van der Waals surface area contributed by atoms with Crippen molar-refractivity contribution in [2.45, 2.75) is 45.1 Å². The summed E-state index contributed by atoms with van der Waals surface area (Å²) in [5, 5.41) is 10.5. The molecule has 0 aliphatic carbocycles. The third-order valence-corrected chi connectivity index (χ3v) is 8.49. The Bertz CT molecular complexity index is 1460. The van der Waals surface area contributed by atoms with Crippen molar-refractivity contribution in [1.82, 2.24) is 20.2 Å². The van der Waals surface area contributed by atoms with Crippen LogP contribution in [0.2, 0.25) is 5.15 Å². The summed E-state index contributed by atoms with van der Waals surface area (Å²) in [7, 11) is 0. The zero-order valence-corrected chi connectivity index (χ0v) is 26.7. The van der Waals surface area contributed by atoms with Crippen molar-refractivity contribution in [1.29, 1.82) is 0 Å². The number of nitrogens with zero attached hydrogens (tertiary/aromatic N) is 4. The third kappa shape index (κ3) is 8.32. The highest BCUT2D eigenvalue weighted by Gasteiger charge is 2.34. The van der Waals surface area contributed by atoms with E-state index in [-0.39, 0.29) is 24.7 Å². The average molecular weight is 671 g/mol. The van der Waals surface area contributed by atoms with Crippen LogP contribution < -0.4 is 10.1 Å². The van der Waals surface area contributed by atoms with E-state index >= 15 is 0 Å². The number of ether oxygens (including phenoxy) is 2. The Balaban J connectivity index is 1.24. The fourth-order valence-electron chi connectivity index (χ4n) is 5.39. The summed E-state index contributed by atoms with van der Waals surface area (Å²) in [6.07, 6.45) is 2.31. The van der Waals surface area contributed by atoms with E-state index in [1.807, 2.05) is 55.5 Å². The highest BCUT2D eigenvalue weighted by atomic mass is 79.9. The van der Waals surface area contributed by atoms with E-state index in [0.29, 0.717) is 31.1 Å². The minimum Gasteiger partial charge on any atom is -0.494 e. The molecule has 1 N–H and O–H groups in total. The average Bonchev–Trinajstić information content (AvgIpc) is 3.45. The van der Waals surface area contributed by atoms with Crippen LogP contribution >= 0.6 is 27.5 Å². The molecule has 11 heteroatoms. The molecule has 0 radical (unpaired) electrons. The molecule has 2 aliphatic heterocycles. The molecule has 3 heterocycles. The van der Waals surface area contributed by atoms with Crippen LogP contribution in [0.25, 0.3) is 10.9 Å². The number of halogens is 2. The number of nitrogens with one attached hydrogen (secondary N) is 1. The van der Waals surface area contributed by atoms with Crippen LogP contribution in [0.15, 0.2) is 58.1 Å². The summed E-state index contributed by atoms with van der Waals surface area (Å²) in [5.74, 6) is 0.533. The summed E-state index contributed by atoms with van der Waals surface area (Å²) >= 11 is 10.2. The topological polar surface area (TPSA) is 96.4 Å². The lowest BCUT2D eigenvalue weighted by atomic mass is 9.98. The summed E-state index contributed by atoms with van der Waals surface area (Å²) in [6.45, 7) is 7.48. The fourth-order valence-corrected chi connectivity index (χ4v) is 5.92. The number of amides is 2. The van der Waals surface area contributed by atoms with Crippen LogP contribution in [0.3, 0.4) is 0 Å². The molecule has 43 heavy (non-hydrogen) atoms. The smallest absolute Gasteiger partial charge is 0.243 e. The van der Waals surface area contributed by atoms with Crippen molar-refractivity contribution in [2.75, 3.05) is 46.0 Å². The molecule has 1 aromatic heterocycles. The van der Waals surface area contributed by atoms with Gasteiger partial charge in [0.1, 0.15) is 10.9 Å². The van der Waals surface area contributed by atoms with Gasteiger partial charge in [-0.3, -0.25) is 14.5 Å². The Kier molecular flexibility index (Phi) is 11.0. The second-order valence-electron chi connectivity index (χ2n) is 10.7. The monoisotopic (exact) mass is 669 g/mol. The SMILES string of the molecule is CCOc1ccc2cc(C3CC(c4ccc(Br)cc4)=NN3C(=O)CCCC(=O)NCCCN3CCOCC3)c(Cl)nc2c1. The standard InChI is InChI=1S/C32H37BrClN5O4/c1-2-43-25-12-9-23-19-26(32(34)36-27(23)20-25)29-21-28(22-7-10-24(33)11-8-22)37-39(29)31(41)6-3-5-30(40)35-13-4-14-38-15-17-42-18-16-38/h7-12,19-20,29H,2-6,13-18,21H2,1H3,(H,35,40). The number of hydrazone groups is 1. The minimum absolute atomic E-state index is 0.0417. The van der Waals surface area contributed by atoms with Gasteiger partial charge in [0.05, 0.1) is 37.1 Å². The van der Waals surface area contributed by atoms with Crippen LogP contribution in [0.5, 0.6) is 5.75 Å². The molecule has 1 atom stereocenters. The predicted molar refractivity (Wildman–Crippen MR) is 172 cm³/mol. The van der Waals surface area contributed by atoms with Crippen molar-refractivity contribution in [3.8, 4) is 5.75 Å². The number of pyridine rings is 1. The summed E-state index contributed by atoms with van der Waals surface area (Å²) < 4.78 is 12.0. The molecule has 1 saturated heterocycles. The lowest BCUT2D eigenvalue weighted by molar-refractivity contribution is -0.133. The Hall–Kier alpha value is -3.05. The number of aromatic nitrogens is 1. The second-order valence-corrected chi connectivity index (χ2v) is 12.0. The zero-order valence-electron chi connectivity index (χ0n) is 24.4. The van der Waals surface area contributed by atoms with Gasteiger partial charge in [0.2, 0.25) is 11.8 Å². The summed E-state index contributed by atoms with van der Waals surface area (Å²) in [5.41, 5.74) is 3.19. The van der Waals surface area contributed by atoms with E-state index in [1.54, 1.807) is 0 Å². The third-order valence-electron chi connectivity index (χ3n) is 7.65. The maximum Gasteiger partial charge on any atom is 0.243 e. The highest BCUT2D eigenvalue weighted by molar-refractivity contribution is 9.10. The normalized spacial score (nSPS) is 17.2. The van der Waals surface area contributed by atoms with E-state index in [4.69, 9.17) is 26.2 Å². The van der Waals surface area contributed by atoms with Crippen LogP contribution in [-0.4, -0.2) is 78.4 Å². The molecule has 0 bridgehead atoms. The Morgan fingerprint density at radius 1 is 1.09 bits per heavy atom. The van der Waals surface area contributed by atoms with Gasteiger partial charge in [-0.05, 0) is 62.2 Å². The predicted octanol–water partition coefficient (Wildman–Crippen LogP) is 5.74. The van der Waals surface area contributed by atoms with Crippen LogP contribution in [0.1, 0.15) is 56.2 Å². The maximum absolute atomic E-state index is 13.6. The van der Waals surface area contributed by atoms with Crippen molar-refractivity contribution >= 4 is 56.0 Å². The first-order valence-electron chi connectivity index (χ1n) is 14.9. The zero-order chi connectivity index (χ0) is 30.2. The van der Waals surface area contributed by atoms with Gasteiger partial charge in [0, 0.05) is 60.4 Å². The van der Waals surface area contributed by atoms with Gasteiger partial charge in [-0.25, -0.2) is 9.99 Å². The number of morpholine rings is 1. The van der Waals surface area contributed by atoms with Gasteiger partial charge in [-0.15, -0.1) is 0 Å². The van der Waals surface area contributed by atoms with E-state index in [0.717, 1.165) is 77.2 Å². The molecule has 0 saturated carbocycles. The molecule has 0 spiro atoms. The largest absolute Gasteiger partial charge is 0.494 e. The Labute approximate surface area is 265 Å². The van der Waals surface area contributed by atoms with Crippen molar-refractivity contribution in [2.24, 2.45) is 5.10 Å². The van der Waals surface area contributed by atoms with Crippen LogP contribution in [0.4, 0.5) is 0 Å². The van der Waals surface area contributed by atoms with Gasteiger partial charge in [-0.1, -0.05) is 39.7 Å². The number of hydrogen-bond donors (Lipinski definition) is 1. The number of fused-ring (bicyclic) bond motifs is 1.